The first-order chi connectivity index (χ1) is 26.0. The van der Waals surface area contributed by atoms with Crippen LogP contribution in [0.5, 0.6) is 0 Å². The van der Waals surface area contributed by atoms with Gasteiger partial charge in [-0.1, -0.05) is 141 Å². The Hall–Kier alpha value is -5.45. The maximum Gasteiger partial charge on any atom is 0.245 e. The number of rotatable bonds is 1. The van der Waals surface area contributed by atoms with Gasteiger partial charge in [-0.15, -0.1) is 0 Å². The average molecular weight is 697 g/mol. The van der Waals surface area contributed by atoms with E-state index >= 15 is 0 Å². The molecule has 0 saturated carbocycles. The highest BCUT2D eigenvalue weighted by molar-refractivity contribution is 8.00. The summed E-state index contributed by atoms with van der Waals surface area (Å²) < 4.78 is 5.13. The fourth-order valence-corrected chi connectivity index (χ4v) is 11.4. The molecule has 0 fully saturated rings. The van der Waals surface area contributed by atoms with Gasteiger partial charge in [0.15, 0.2) is 0 Å². The van der Waals surface area contributed by atoms with Crippen molar-refractivity contribution in [2.45, 2.75) is 55.2 Å². The summed E-state index contributed by atoms with van der Waals surface area (Å²) in [5.41, 5.74) is 19.1. The minimum Gasteiger partial charge on any atom is -0.309 e. The minimum absolute atomic E-state index is 0.0856. The van der Waals surface area contributed by atoms with Gasteiger partial charge in [0.05, 0.1) is 22.1 Å². The van der Waals surface area contributed by atoms with Crippen molar-refractivity contribution in [1.82, 2.24) is 9.13 Å². The third-order valence-electron chi connectivity index (χ3n) is 12.9. The van der Waals surface area contributed by atoms with Crippen molar-refractivity contribution in [3.8, 4) is 11.4 Å². The minimum atomic E-state index is 0.0856. The van der Waals surface area contributed by atoms with Gasteiger partial charge in [-0.2, -0.15) is 0 Å². The van der Waals surface area contributed by atoms with Crippen LogP contribution >= 0.6 is 11.8 Å². The Bertz CT molecular complexity index is 2870. The van der Waals surface area contributed by atoms with Crippen LogP contribution in [-0.4, -0.2) is 15.8 Å². The Morgan fingerprint density at radius 1 is 0.509 bits per heavy atom. The van der Waals surface area contributed by atoms with Crippen molar-refractivity contribution in [3.05, 3.63) is 161 Å². The van der Waals surface area contributed by atoms with E-state index in [1.165, 1.54) is 109 Å². The van der Waals surface area contributed by atoms with Gasteiger partial charge in [-0.05, 0) is 82.3 Å². The molecule has 0 saturated heterocycles. The highest BCUT2D eigenvalue weighted by Crippen LogP contribution is 2.44. The number of para-hydroxylation sites is 4. The van der Waals surface area contributed by atoms with Crippen molar-refractivity contribution in [3.63, 3.8) is 0 Å². The zero-order chi connectivity index (χ0) is 35.3. The predicted molar refractivity (Wildman–Crippen MR) is 226 cm³/mol. The van der Waals surface area contributed by atoms with Crippen LogP contribution in [0.3, 0.4) is 0 Å². The van der Waals surface area contributed by atoms with Crippen LogP contribution in [0.2, 0.25) is 0 Å². The molecule has 2 unspecified atom stereocenters. The highest BCUT2D eigenvalue weighted by atomic mass is 32.2. The molecule has 9 aromatic rings. The lowest BCUT2D eigenvalue weighted by atomic mass is 9.34. The molecule has 0 radical (unpaired) electrons. The Morgan fingerprint density at radius 3 is 1.47 bits per heavy atom. The predicted octanol–water partition coefficient (Wildman–Crippen LogP) is 10.9. The van der Waals surface area contributed by atoms with Gasteiger partial charge in [-0.3, -0.25) is 0 Å². The third-order valence-corrected chi connectivity index (χ3v) is 14.1. The molecule has 53 heavy (non-hydrogen) atoms. The van der Waals surface area contributed by atoms with Gasteiger partial charge >= 0.3 is 0 Å². The molecule has 2 aromatic heterocycles. The van der Waals surface area contributed by atoms with Crippen molar-refractivity contribution >= 4 is 78.5 Å². The molecule has 4 heteroatoms. The van der Waals surface area contributed by atoms with Crippen molar-refractivity contribution < 1.29 is 0 Å². The maximum absolute atomic E-state index is 2.59. The van der Waals surface area contributed by atoms with E-state index in [1.54, 1.807) is 0 Å². The molecule has 7 aromatic carbocycles. The largest absolute Gasteiger partial charge is 0.309 e. The van der Waals surface area contributed by atoms with E-state index in [2.05, 4.69) is 170 Å². The summed E-state index contributed by atoms with van der Waals surface area (Å²) >= 11 is 1.94. The van der Waals surface area contributed by atoms with Crippen LogP contribution in [0.4, 0.5) is 0 Å². The lowest BCUT2D eigenvalue weighted by Crippen LogP contribution is -2.58. The van der Waals surface area contributed by atoms with Crippen LogP contribution in [-0.2, 0) is 0 Å². The number of fused-ring (bicyclic) bond motifs is 10. The lowest BCUT2D eigenvalue weighted by molar-refractivity contribution is 0.837. The summed E-state index contributed by atoms with van der Waals surface area (Å²) in [6.45, 7) is 9.76. The number of nitrogens with zero attached hydrogens (tertiary/aromatic N) is 2. The molecule has 2 atom stereocenters. The number of hydrogen-bond donors (Lipinski definition) is 0. The second-order valence-electron chi connectivity index (χ2n) is 15.9. The Morgan fingerprint density at radius 2 is 0.981 bits per heavy atom. The van der Waals surface area contributed by atoms with Gasteiger partial charge in [0.2, 0.25) is 6.71 Å². The van der Waals surface area contributed by atoms with Crippen LogP contribution in [0.15, 0.2) is 143 Å². The average Bonchev–Trinajstić information content (AvgIpc) is 3.71. The van der Waals surface area contributed by atoms with Gasteiger partial charge in [0.1, 0.15) is 0 Å². The molecule has 5 heterocycles. The first kappa shape index (κ1) is 30.1. The van der Waals surface area contributed by atoms with E-state index in [4.69, 9.17) is 0 Å². The van der Waals surface area contributed by atoms with Gasteiger partial charge in [-0.25, -0.2) is 0 Å². The normalized spacial score (nSPS) is 16.7. The zero-order valence-electron chi connectivity index (χ0n) is 30.3. The van der Waals surface area contributed by atoms with Crippen LogP contribution in [0.25, 0.3) is 55.0 Å². The van der Waals surface area contributed by atoms with Gasteiger partial charge in [0.25, 0.3) is 0 Å². The van der Waals surface area contributed by atoms with Crippen LogP contribution in [0, 0.1) is 0 Å². The SMILES string of the molecule is CC(C)c1cc2c3c(c1)C(C)c1cccc4c5ccccc5n(c14)-c1ccc4c(c1)B3c1cc(ccc1S4)-n1c3ccccc3c3cccc(c31)C2C. The van der Waals surface area contributed by atoms with Gasteiger partial charge in [0, 0.05) is 54.5 Å². The molecule has 4 bridgehead atoms. The van der Waals surface area contributed by atoms with Gasteiger partial charge < -0.3 is 9.13 Å². The standard InChI is InChI=1S/C49H37BN2S/c1-27(2)30-23-39-28(3)33-13-9-15-37-35-11-5-7-17-43(35)51(48(33)37)31-19-21-45-41(25-31)50-42-26-32(20-22-46(42)53-45)52-44-18-8-6-12-36(44)38-16-10-14-34(49(38)52)29(4)40(24-30)47(39)50/h5-29H,1-4H3. The van der Waals surface area contributed by atoms with E-state index in [-0.39, 0.29) is 18.5 Å². The number of benzene rings is 7. The van der Waals surface area contributed by atoms with E-state index in [9.17, 15) is 0 Å². The van der Waals surface area contributed by atoms with Crippen molar-refractivity contribution in [2.75, 3.05) is 0 Å². The molecular weight excluding hydrogens is 659 g/mol. The summed E-state index contributed by atoms with van der Waals surface area (Å²) in [4.78, 5) is 2.72. The smallest absolute Gasteiger partial charge is 0.245 e. The Labute approximate surface area is 314 Å². The molecule has 252 valence electrons. The second-order valence-corrected chi connectivity index (χ2v) is 17.0. The topological polar surface area (TPSA) is 9.86 Å². The molecule has 0 amide bonds. The molecule has 0 spiro atoms. The fourth-order valence-electron chi connectivity index (χ4n) is 10.4. The first-order valence-electron chi connectivity index (χ1n) is 19.1. The zero-order valence-corrected chi connectivity index (χ0v) is 31.1. The summed E-state index contributed by atoms with van der Waals surface area (Å²) in [6.07, 6.45) is 0. The molecule has 12 rings (SSSR count). The number of hydrogen-bond acceptors (Lipinski definition) is 1. The molecule has 0 N–H and O–H groups in total. The maximum atomic E-state index is 2.59. The van der Waals surface area contributed by atoms with E-state index in [0.29, 0.717) is 5.92 Å². The van der Waals surface area contributed by atoms with E-state index in [1.807, 2.05) is 11.8 Å². The van der Waals surface area contributed by atoms with Crippen LogP contribution in [0.1, 0.15) is 73.3 Å². The molecular formula is C49H37BN2S. The molecule has 0 aliphatic carbocycles. The molecule has 2 nitrogen and oxygen atoms in total. The quantitative estimate of drug-likeness (QED) is 0.155. The summed E-state index contributed by atoms with van der Waals surface area (Å²) in [5, 5.41) is 5.28. The number of aromatic nitrogens is 2. The summed E-state index contributed by atoms with van der Waals surface area (Å²) in [5.74, 6) is 0.728. The second kappa shape index (κ2) is 10.6. The van der Waals surface area contributed by atoms with E-state index < -0.39 is 0 Å². The lowest BCUT2D eigenvalue weighted by Gasteiger charge is -2.35. The van der Waals surface area contributed by atoms with Crippen molar-refractivity contribution in [2.24, 2.45) is 0 Å². The Balaban J connectivity index is 1.31. The molecule has 3 aliphatic rings. The third kappa shape index (κ3) is 3.87. The monoisotopic (exact) mass is 696 g/mol. The first-order valence-corrected chi connectivity index (χ1v) is 20.0. The molecule has 3 aliphatic heterocycles. The summed E-state index contributed by atoms with van der Waals surface area (Å²) in [6, 6.07) is 51.8. The fraction of sp³-hybridized carbons (Fsp3) is 0.143. The van der Waals surface area contributed by atoms with E-state index in [0.717, 1.165) is 0 Å². The highest BCUT2D eigenvalue weighted by Gasteiger charge is 2.39. The Kier molecular flexibility index (Phi) is 6.00. The van der Waals surface area contributed by atoms with Crippen molar-refractivity contribution in [1.29, 1.82) is 0 Å². The summed E-state index contributed by atoms with van der Waals surface area (Å²) in [7, 11) is 0. The van der Waals surface area contributed by atoms with Crippen LogP contribution < -0.4 is 16.4 Å².